The fourth-order valence-electron chi connectivity index (χ4n) is 3.17. The number of hydrogen-bond donors (Lipinski definition) is 2. The third-order valence-electron chi connectivity index (χ3n) is 4.81. The molecule has 1 amide bonds. The molecule has 4 nitrogen and oxygen atoms in total. The van der Waals surface area contributed by atoms with Crippen LogP contribution in [0.25, 0.3) is 0 Å². The summed E-state index contributed by atoms with van der Waals surface area (Å²) in [4.78, 5) is 22.3. The summed E-state index contributed by atoms with van der Waals surface area (Å²) < 4.78 is 0. The molecule has 0 aliphatic carbocycles. The molecule has 1 atom stereocenters. The summed E-state index contributed by atoms with van der Waals surface area (Å²) in [7, 11) is 0. The van der Waals surface area contributed by atoms with Gasteiger partial charge in [0, 0.05) is 19.4 Å². The average Bonchev–Trinajstić information content (AvgIpc) is 2.58. The summed E-state index contributed by atoms with van der Waals surface area (Å²) in [6, 6.07) is 0. The van der Waals surface area contributed by atoms with Gasteiger partial charge in [0.15, 0.2) is 0 Å². The molecule has 0 fully saturated rings. The molecule has 0 aliphatic heterocycles. The lowest BCUT2D eigenvalue weighted by Crippen LogP contribution is -2.29. The SMILES string of the molecule is CCCCCCCCC(CCCCCC)CNC(=O)CCCC(=O)O. The molecule has 4 heteroatoms. The van der Waals surface area contributed by atoms with Crippen LogP contribution in [0, 0.1) is 5.92 Å². The quantitative estimate of drug-likeness (QED) is 0.310. The summed E-state index contributed by atoms with van der Waals surface area (Å²) in [5, 5.41) is 11.7. The molecular formula is C21H41NO3. The molecule has 0 aromatic carbocycles. The summed E-state index contributed by atoms with van der Waals surface area (Å²) in [5.74, 6) is -0.251. The van der Waals surface area contributed by atoms with Gasteiger partial charge in [-0.25, -0.2) is 0 Å². The number of carbonyl (C=O) groups is 2. The normalized spacial score (nSPS) is 12.1. The first-order valence-corrected chi connectivity index (χ1v) is 10.6. The smallest absolute Gasteiger partial charge is 0.303 e. The zero-order chi connectivity index (χ0) is 18.8. The average molecular weight is 356 g/mol. The minimum atomic E-state index is -0.829. The van der Waals surface area contributed by atoms with Crippen molar-refractivity contribution < 1.29 is 14.7 Å². The van der Waals surface area contributed by atoms with E-state index in [0.717, 1.165) is 6.54 Å². The van der Waals surface area contributed by atoms with E-state index < -0.39 is 5.97 Å². The van der Waals surface area contributed by atoms with Gasteiger partial charge in [-0.15, -0.1) is 0 Å². The molecule has 0 aromatic rings. The van der Waals surface area contributed by atoms with Gasteiger partial charge < -0.3 is 10.4 Å². The van der Waals surface area contributed by atoms with E-state index in [1.807, 2.05) is 0 Å². The van der Waals surface area contributed by atoms with Gasteiger partial charge in [-0.1, -0.05) is 78.1 Å². The first-order valence-electron chi connectivity index (χ1n) is 10.6. The van der Waals surface area contributed by atoms with Crippen LogP contribution in [-0.4, -0.2) is 23.5 Å². The molecule has 0 spiro atoms. The molecule has 1 unspecified atom stereocenters. The van der Waals surface area contributed by atoms with Crippen LogP contribution >= 0.6 is 0 Å². The maximum atomic E-state index is 11.8. The van der Waals surface area contributed by atoms with Crippen LogP contribution in [0.2, 0.25) is 0 Å². The number of hydrogen-bond acceptors (Lipinski definition) is 2. The minimum Gasteiger partial charge on any atom is -0.481 e. The fraction of sp³-hybridized carbons (Fsp3) is 0.905. The maximum Gasteiger partial charge on any atom is 0.303 e. The van der Waals surface area contributed by atoms with Crippen molar-refractivity contribution in [1.29, 1.82) is 0 Å². The highest BCUT2D eigenvalue weighted by Gasteiger charge is 2.11. The Hall–Kier alpha value is -1.06. The molecule has 0 aliphatic rings. The van der Waals surface area contributed by atoms with Crippen LogP contribution in [0.1, 0.15) is 110 Å². The summed E-state index contributed by atoms with van der Waals surface area (Å²) in [6.07, 6.45) is 16.2. The lowest BCUT2D eigenvalue weighted by Gasteiger charge is -2.18. The molecule has 0 saturated carbocycles. The van der Waals surface area contributed by atoms with Crippen molar-refractivity contribution in [3.05, 3.63) is 0 Å². The van der Waals surface area contributed by atoms with Crippen LogP contribution in [0.3, 0.4) is 0 Å². The molecule has 0 rings (SSSR count). The lowest BCUT2D eigenvalue weighted by atomic mass is 9.94. The Kier molecular flexibility index (Phi) is 17.0. The molecule has 0 heterocycles. The first-order chi connectivity index (χ1) is 12.1. The lowest BCUT2D eigenvalue weighted by molar-refractivity contribution is -0.137. The van der Waals surface area contributed by atoms with Crippen molar-refractivity contribution in [2.24, 2.45) is 5.92 Å². The molecule has 0 radical (unpaired) electrons. The molecule has 0 aromatic heterocycles. The summed E-state index contributed by atoms with van der Waals surface area (Å²) in [6.45, 7) is 5.23. The van der Waals surface area contributed by atoms with Gasteiger partial charge in [0.25, 0.3) is 0 Å². The molecule has 25 heavy (non-hydrogen) atoms. The van der Waals surface area contributed by atoms with E-state index in [1.54, 1.807) is 0 Å². The second-order valence-corrected chi connectivity index (χ2v) is 7.32. The first kappa shape index (κ1) is 23.9. The van der Waals surface area contributed by atoms with E-state index in [-0.39, 0.29) is 12.3 Å². The Bertz CT molecular complexity index is 331. The number of amides is 1. The minimum absolute atomic E-state index is 0.00255. The van der Waals surface area contributed by atoms with Crippen molar-refractivity contribution in [1.82, 2.24) is 5.32 Å². The zero-order valence-electron chi connectivity index (χ0n) is 16.7. The largest absolute Gasteiger partial charge is 0.481 e. The fourth-order valence-corrected chi connectivity index (χ4v) is 3.17. The predicted molar refractivity (Wildman–Crippen MR) is 105 cm³/mol. The van der Waals surface area contributed by atoms with Crippen molar-refractivity contribution in [2.45, 2.75) is 110 Å². The van der Waals surface area contributed by atoms with E-state index in [4.69, 9.17) is 5.11 Å². The van der Waals surface area contributed by atoms with Gasteiger partial charge in [0.1, 0.15) is 0 Å². The monoisotopic (exact) mass is 355 g/mol. The Morgan fingerprint density at radius 2 is 1.28 bits per heavy atom. The Balaban J connectivity index is 3.97. The van der Waals surface area contributed by atoms with Gasteiger partial charge in [0.2, 0.25) is 5.91 Å². The zero-order valence-corrected chi connectivity index (χ0v) is 16.7. The van der Waals surface area contributed by atoms with Gasteiger partial charge in [-0.2, -0.15) is 0 Å². The standard InChI is InChI=1S/C21H41NO3/c1-3-5-7-9-10-12-15-19(14-11-8-6-4-2)18-22-20(23)16-13-17-21(24)25/h19H,3-18H2,1-2H3,(H,22,23)(H,24,25). The number of unbranched alkanes of at least 4 members (excludes halogenated alkanes) is 8. The van der Waals surface area contributed by atoms with Crippen molar-refractivity contribution in [2.75, 3.05) is 6.54 Å². The summed E-state index contributed by atoms with van der Waals surface area (Å²) in [5.41, 5.74) is 0. The maximum absolute atomic E-state index is 11.8. The summed E-state index contributed by atoms with van der Waals surface area (Å²) >= 11 is 0. The number of nitrogens with one attached hydrogen (secondary N) is 1. The predicted octanol–water partition coefficient (Wildman–Crippen LogP) is 5.69. The number of carbonyl (C=O) groups excluding carboxylic acids is 1. The third-order valence-corrected chi connectivity index (χ3v) is 4.81. The Morgan fingerprint density at radius 3 is 1.84 bits per heavy atom. The van der Waals surface area contributed by atoms with Crippen molar-refractivity contribution in [3.63, 3.8) is 0 Å². The number of carboxylic acids is 1. The van der Waals surface area contributed by atoms with Crippen molar-refractivity contribution in [3.8, 4) is 0 Å². The van der Waals surface area contributed by atoms with Crippen LogP contribution in [0.4, 0.5) is 0 Å². The molecule has 148 valence electrons. The van der Waals surface area contributed by atoms with E-state index in [9.17, 15) is 9.59 Å². The van der Waals surface area contributed by atoms with Crippen LogP contribution in [0.5, 0.6) is 0 Å². The number of aliphatic carboxylic acids is 1. The topological polar surface area (TPSA) is 66.4 Å². The highest BCUT2D eigenvalue weighted by Crippen LogP contribution is 2.18. The van der Waals surface area contributed by atoms with Gasteiger partial charge in [-0.3, -0.25) is 9.59 Å². The van der Waals surface area contributed by atoms with Crippen LogP contribution in [-0.2, 0) is 9.59 Å². The second kappa shape index (κ2) is 17.8. The van der Waals surface area contributed by atoms with E-state index in [2.05, 4.69) is 19.2 Å². The Labute approximate surface area is 155 Å². The van der Waals surface area contributed by atoms with Gasteiger partial charge in [0.05, 0.1) is 0 Å². The molecular weight excluding hydrogens is 314 g/mol. The highest BCUT2D eigenvalue weighted by molar-refractivity contribution is 5.76. The van der Waals surface area contributed by atoms with E-state index in [0.29, 0.717) is 18.8 Å². The third kappa shape index (κ3) is 17.6. The Morgan fingerprint density at radius 1 is 0.760 bits per heavy atom. The van der Waals surface area contributed by atoms with Crippen LogP contribution < -0.4 is 5.32 Å². The van der Waals surface area contributed by atoms with Crippen LogP contribution in [0.15, 0.2) is 0 Å². The van der Waals surface area contributed by atoms with Gasteiger partial charge >= 0.3 is 5.97 Å². The number of carboxylic acid groups (broad SMARTS) is 1. The molecule has 0 bridgehead atoms. The van der Waals surface area contributed by atoms with Crippen molar-refractivity contribution >= 4 is 11.9 Å². The van der Waals surface area contributed by atoms with E-state index in [1.165, 1.54) is 77.0 Å². The highest BCUT2D eigenvalue weighted by atomic mass is 16.4. The molecule has 0 saturated heterocycles. The number of rotatable bonds is 18. The second-order valence-electron chi connectivity index (χ2n) is 7.32. The molecule has 2 N–H and O–H groups in total. The van der Waals surface area contributed by atoms with E-state index >= 15 is 0 Å². The van der Waals surface area contributed by atoms with Gasteiger partial charge in [-0.05, 0) is 25.2 Å².